The number of ether oxygens (including phenoxy) is 1. The molecule has 1 N–H and O–H groups in total. The van der Waals surface area contributed by atoms with Gasteiger partial charge in [0.25, 0.3) is 0 Å². The largest absolute Gasteiger partial charge is 0.508 e. The van der Waals surface area contributed by atoms with E-state index in [0.717, 1.165) is 11.1 Å². The van der Waals surface area contributed by atoms with Crippen molar-refractivity contribution in [2.75, 3.05) is 7.11 Å². The molecule has 0 aliphatic heterocycles. The number of phenols is 1. The highest BCUT2D eigenvalue weighted by Crippen LogP contribution is 2.40. The van der Waals surface area contributed by atoms with Gasteiger partial charge in [-0.1, -0.05) is 29.3 Å². The van der Waals surface area contributed by atoms with Crippen LogP contribution in [-0.2, 0) is 0 Å². The van der Waals surface area contributed by atoms with Crippen LogP contribution in [0.5, 0.6) is 11.5 Å². The summed E-state index contributed by atoms with van der Waals surface area (Å²) in [7, 11) is 1.57. The summed E-state index contributed by atoms with van der Waals surface area (Å²) in [6.07, 6.45) is 0. The lowest BCUT2D eigenvalue weighted by molar-refractivity contribution is 0.416. The van der Waals surface area contributed by atoms with Crippen molar-refractivity contribution < 1.29 is 9.84 Å². The van der Waals surface area contributed by atoms with Gasteiger partial charge in [-0.05, 0) is 30.3 Å². The van der Waals surface area contributed by atoms with E-state index >= 15 is 0 Å². The number of aromatic hydroxyl groups is 1. The summed E-state index contributed by atoms with van der Waals surface area (Å²) in [5.41, 5.74) is 1.45. The fourth-order valence-corrected chi connectivity index (χ4v) is 2.18. The number of rotatable bonds is 2. The number of hydrogen-bond acceptors (Lipinski definition) is 2. The van der Waals surface area contributed by atoms with Gasteiger partial charge in [-0.25, -0.2) is 0 Å². The number of halogens is 2. The lowest BCUT2D eigenvalue weighted by Crippen LogP contribution is -1.89. The molecule has 2 aromatic rings. The van der Waals surface area contributed by atoms with Gasteiger partial charge >= 0.3 is 0 Å². The fraction of sp³-hybridized carbons (Fsp3) is 0.0769. The molecule has 0 aliphatic rings. The Balaban J connectivity index is 2.67. The minimum atomic E-state index is 0.116. The van der Waals surface area contributed by atoms with E-state index in [0.29, 0.717) is 15.8 Å². The normalized spacial score (nSPS) is 10.3. The maximum absolute atomic E-state index is 9.33. The van der Waals surface area contributed by atoms with Crippen LogP contribution < -0.4 is 4.74 Å². The van der Waals surface area contributed by atoms with E-state index in [9.17, 15) is 5.11 Å². The van der Waals surface area contributed by atoms with Crippen LogP contribution in [-0.4, -0.2) is 12.2 Å². The number of hydrogen-bond donors (Lipinski definition) is 1. The van der Waals surface area contributed by atoms with Crippen LogP contribution >= 0.6 is 23.2 Å². The maximum atomic E-state index is 9.33. The maximum Gasteiger partial charge on any atom is 0.128 e. The fourth-order valence-electron chi connectivity index (χ4n) is 1.64. The molecule has 2 aromatic carbocycles. The predicted molar refractivity (Wildman–Crippen MR) is 70.1 cm³/mol. The van der Waals surface area contributed by atoms with E-state index in [-0.39, 0.29) is 5.75 Å². The van der Waals surface area contributed by atoms with Crippen molar-refractivity contribution in [1.29, 1.82) is 0 Å². The zero-order valence-corrected chi connectivity index (χ0v) is 10.6. The Morgan fingerprint density at radius 1 is 1.06 bits per heavy atom. The molecule has 0 amide bonds. The molecule has 2 rings (SSSR count). The van der Waals surface area contributed by atoms with Gasteiger partial charge in [0, 0.05) is 11.1 Å². The topological polar surface area (TPSA) is 29.5 Å². The van der Waals surface area contributed by atoms with Crippen molar-refractivity contribution in [2.24, 2.45) is 0 Å². The molecule has 0 radical (unpaired) electrons. The Hall–Kier alpha value is -1.38. The molecule has 0 atom stereocenters. The third-order valence-corrected chi connectivity index (χ3v) is 3.04. The summed E-state index contributed by atoms with van der Waals surface area (Å²) in [5.74, 6) is 0.759. The lowest BCUT2D eigenvalue weighted by atomic mass is 10.0. The molecule has 0 saturated heterocycles. The van der Waals surface area contributed by atoms with E-state index in [2.05, 4.69) is 0 Å². The van der Waals surface area contributed by atoms with Crippen LogP contribution in [0, 0.1) is 0 Å². The van der Waals surface area contributed by atoms with Crippen molar-refractivity contribution >= 4 is 23.2 Å². The first-order valence-electron chi connectivity index (χ1n) is 4.95. The first-order valence-corrected chi connectivity index (χ1v) is 5.70. The summed E-state index contributed by atoms with van der Waals surface area (Å²) in [5, 5.41) is 10.3. The second kappa shape index (κ2) is 4.86. The summed E-state index contributed by atoms with van der Waals surface area (Å²) < 4.78 is 5.26. The highest BCUT2D eigenvalue weighted by atomic mass is 35.5. The van der Waals surface area contributed by atoms with Crippen LogP contribution in [0.25, 0.3) is 11.1 Å². The summed E-state index contributed by atoms with van der Waals surface area (Å²) in [4.78, 5) is 0. The van der Waals surface area contributed by atoms with E-state index in [1.54, 1.807) is 31.4 Å². The predicted octanol–water partition coefficient (Wildman–Crippen LogP) is 4.37. The van der Waals surface area contributed by atoms with Crippen LogP contribution in [0.4, 0.5) is 0 Å². The average Bonchev–Trinajstić information content (AvgIpc) is 2.30. The first-order chi connectivity index (χ1) is 8.13. The molecule has 0 bridgehead atoms. The molecule has 2 nitrogen and oxygen atoms in total. The zero-order chi connectivity index (χ0) is 12.4. The smallest absolute Gasteiger partial charge is 0.128 e. The Bertz CT molecular complexity index is 553. The van der Waals surface area contributed by atoms with Gasteiger partial charge in [0.2, 0.25) is 0 Å². The van der Waals surface area contributed by atoms with Gasteiger partial charge in [-0.15, -0.1) is 0 Å². The van der Waals surface area contributed by atoms with Crippen molar-refractivity contribution in [3.05, 3.63) is 46.4 Å². The van der Waals surface area contributed by atoms with Gasteiger partial charge in [0.15, 0.2) is 0 Å². The van der Waals surface area contributed by atoms with Crippen LogP contribution in [0.3, 0.4) is 0 Å². The molecule has 0 spiro atoms. The number of benzene rings is 2. The van der Waals surface area contributed by atoms with Crippen molar-refractivity contribution in [3.63, 3.8) is 0 Å². The van der Waals surface area contributed by atoms with Gasteiger partial charge in [0.1, 0.15) is 11.5 Å². The van der Waals surface area contributed by atoms with Crippen LogP contribution in [0.15, 0.2) is 36.4 Å². The number of phenolic OH excluding ortho intramolecular Hbond substituents is 1. The van der Waals surface area contributed by atoms with E-state index in [4.69, 9.17) is 27.9 Å². The van der Waals surface area contributed by atoms with Crippen LogP contribution in [0.2, 0.25) is 10.0 Å². The molecule has 0 fully saturated rings. The quantitative estimate of drug-likeness (QED) is 0.876. The summed E-state index contributed by atoms with van der Waals surface area (Å²) in [6, 6.07) is 10.1. The average molecular weight is 269 g/mol. The zero-order valence-electron chi connectivity index (χ0n) is 9.08. The standard InChI is InChI=1S/C13H10Cl2O2/c1-17-12-4-2-3-10(14)13(12)9-6-5-8(16)7-11(9)15/h2-7,16H,1H3. The molecular formula is C13H10Cl2O2. The van der Waals surface area contributed by atoms with Gasteiger partial charge < -0.3 is 9.84 Å². The first kappa shape index (κ1) is 12.1. The van der Waals surface area contributed by atoms with E-state index in [1.807, 2.05) is 6.07 Å². The molecule has 4 heteroatoms. The second-order valence-electron chi connectivity index (χ2n) is 3.48. The summed E-state index contributed by atoms with van der Waals surface area (Å²) >= 11 is 12.2. The lowest BCUT2D eigenvalue weighted by Gasteiger charge is -2.12. The third kappa shape index (κ3) is 2.33. The summed E-state index contributed by atoms with van der Waals surface area (Å²) in [6.45, 7) is 0. The van der Waals surface area contributed by atoms with Gasteiger partial charge in [0.05, 0.1) is 17.2 Å². The molecule has 0 aromatic heterocycles. The van der Waals surface area contributed by atoms with Crippen LogP contribution in [0.1, 0.15) is 0 Å². The van der Waals surface area contributed by atoms with Gasteiger partial charge in [-0.3, -0.25) is 0 Å². The monoisotopic (exact) mass is 268 g/mol. The van der Waals surface area contributed by atoms with Crippen molar-refractivity contribution in [1.82, 2.24) is 0 Å². The third-order valence-electron chi connectivity index (χ3n) is 2.42. The molecule has 0 saturated carbocycles. The molecular weight excluding hydrogens is 259 g/mol. The minimum absolute atomic E-state index is 0.116. The second-order valence-corrected chi connectivity index (χ2v) is 4.30. The Morgan fingerprint density at radius 3 is 2.47 bits per heavy atom. The van der Waals surface area contributed by atoms with Crippen molar-refractivity contribution in [3.8, 4) is 22.6 Å². The Morgan fingerprint density at radius 2 is 1.82 bits per heavy atom. The molecule has 88 valence electrons. The highest BCUT2D eigenvalue weighted by Gasteiger charge is 2.13. The molecule has 0 aliphatic carbocycles. The SMILES string of the molecule is COc1cccc(Cl)c1-c1ccc(O)cc1Cl. The van der Waals surface area contributed by atoms with E-state index < -0.39 is 0 Å². The Labute approximate surface area is 109 Å². The highest BCUT2D eigenvalue weighted by molar-refractivity contribution is 6.37. The molecule has 17 heavy (non-hydrogen) atoms. The minimum Gasteiger partial charge on any atom is -0.508 e. The molecule has 0 heterocycles. The van der Waals surface area contributed by atoms with E-state index in [1.165, 1.54) is 6.07 Å². The van der Waals surface area contributed by atoms with Crippen molar-refractivity contribution in [2.45, 2.75) is 0 Å². The van der Waals surface area contributed by atoms with Gasteiger partial charge in [-0.2, -0.15) is 0 Å². The Kier molecular flexibility index (Phi) is 3.46. The number of methoxy groups -OCH3 is 1. The molecule has 0 unspecified atom stereocenters.